The fraction of sp³-hybridized carbons (Fsp3) is 0.545. The summed E-state index contributed by atoms with van der Waals surface area (Å²) >= 11 is 8.21. The zero-order chi connectivity index (χ0) is 12.1. The number of amides is 1. The van der Waals surface area contributed by atoms with Crippen LogP contribution in [-0.2, 0) is 0 Å². The van der Waals surface area contributed by atoms with Crippen LogP contribution in [0.1, 0.15) is 42.8 Å². The number of carbonyl (C=O) groups is 1. The third-order valence-electron chi connectivity index (χ3n) is 2.24. The van der Waals surface area contributed by atoms with Crippen molar-refractivity contribution in [3.63, 3.8) is 0 Å². The number of nitrogens with one attached hydrogen (secondary N) is 1. The van der Waals surface area contributed by atoms with Crippen molar-refractivity contribution >= 4 is 49.1 Å². The van der Waals surface area contributed by atoms with Gasteiger partial charge in [0, 0.05) is 10.5 Å². The van der Waals surface area contributed by atoms with E-state index >= 15 is 0 Å². The molecule has 90 valence electrons. The molecule has 0 saturated heterocycles. The Balaban J connectivity index is 2.52. The molecule has 0 spiro atoms. The Labute approximate surface area is 117 Å². The maximum atomic E-state index is 11.8. The van der Waals surface area contributed by atoms with E-state index in [1.807, 2.05) is 13.0 Å². The molecule has 0 saturated carbocycles. The van der Waals surface area contributed by atoms with Gasteiger partial charge in [0.1, 0.15) is 0 Å². The molecule has 1 heterocycles. The van der Waals surface area contributed by atoms with Crippen molar-refractivity contribution < 1.29 is 4.79 Å². The fourth-order valence-electron chi connectivity index (χ4n) is 1.34. The molecule has 1 amide bonds. The number of thiophene rings is 1. The van der Waals surface area contributed by atoms with Gasteiger partial charge in [0.05, 0.1) is 8.66 Å². The SMILES string of the molecule is CCCCC(C)NC(=O)c1cc(Br)c(Br)s1. The molecule has 0 aliphatic carbocycles. The molecule has 2 nitrogen and oxygen atoms in total. The quantitative estimate of drug-likeness (QED) is 0.809. The van der Waals surface area contributed by atoms with Crippen LogP contribution in [0.5, 0.6) is 0 Å². The predicted molar refractivity (Wildman–Crippen MR) is 76.2 cm³/mol. The lowest BCUT2D eigenvalue weighted by Gasteiger charge is -2.12. The molecule has 0 bridgehead atoms. The summed E-state index contributed by atoms with van der Waals surface area (Å²) in [5, 5.41) is 3.00. The molecule has 0 radical (unpaired) electrons. The molecule has 1 aromatic heterocycles. The van der Waals surface area contributed by atoms with Crippen LogP contribution in [0.3, 0.4) is 0 Å². The molecule has 1 unspecified atom stereocenters. The zero-order valence-electron chi connectivity index (χ0n) is 9.35. The first-order valence-electron chi connectivity index (χ1n) is 5.30. The third kappa shape index (κ3) is 4.18. The van der Waals surface area contributed by atoms with Gasteiger partial charge in [0.2, 0.25) is 0 Å². The molecule has 0 aliphatic heterocycles. The van der Waals surface area contributed by atoms with Crippen LogP contribution in [0.15, 0.2) is 14.3 Å². The highest BCUT2D eigenvalue weighted by atomic mass is 79.9. The summed E-state index contributed by atoms with van der Waals surface area (Å²) in [6.07, 6.45) is 3.35. The van der Waals surface area contributed by atoms with Crippen molar-refractivity contribution in [2.75, 3.05) is 0 Å². The van der Waals surface area contributed by atoms with Crippen LogP contribution in [-0.4, -0.2) is 11.9 Å². The summed E-state index contributed by atoms with van der Waals surface area (Å²) in [6.45, 7) is 4.20. The fourth-order valence-corrected chi connectivity index (χ4v) is 3.27. The lowest BCUT2D eigenvalue weighted by molar-refractivity contribution is 0.0942. The van der Waals surface area contributed by atoms with E-state index in [0.29, 0.717) is 0 Å². The monoisotopic (exact) mass is 367 g/mol. The average molecular weight is 369 g/mol. The van der Waals surface area contributed by atoms with E-state index < -0.39 is 0 Å². The molecule has 5 heteroatoms. The molecule has 1 atom stereocenters. The van der Waals surface area contributed by atoms with E-state index in [2.05, 4.69) is 44.1 Å². The highest BCUT2D eigenvalue weighted by Gasteiger charge is 2.13. The second kappa shape index (κ2) is 6.77. The number of unbranched alkanes of at least 4 members (excludes halogenated alkanes) is 1. The van der Waals surface area contributed by atoms with Crippen LogP contribution < -0.4 is 5.32 Å². The van der Waals surface area contributed by atoms with Crippen LogP contribution in [0.2, 0.25) is 0 Å². The molecular weight excluding hydrogens is 354 g/mol. The van der Waals surface area contributed by atoms with Crippen LogP contribution in [0.25, 0.3) is 0 Å². The minimum Gasteiger partial charge on any atom is -0.349 e. The summed E-state index contributed by atoms with van der Waals surface area (Å²) in [5.74, 6) is 0.0139. The minimum absolute atomic E-state index is 0.0139. The molecule has 0 aliphatic rings. The summed E-state index contributed by atoms with van der Waals surface area (Å²) < 4.78 is 1.89. The van der Waals surface area contributed by atoms with Gasteiger partial charge in [-0.3, -0.25) is 4.79 Å². The van der Waals surface area contributed by atoms with Gasteiger partial charge >= 0.3 is 0 Å². The Morgan fingerprint density at radius 1 is 1.56 bits per heavy atom. The van der Waals surface area contributed by atoms with E-state index in [1.54, 1.807) is 0 Å². The van der Waals surface area contributed by atoms with Crippen molar-refractivity contribution in [1.29, 1.82) is 0 Å². The lowest BCUT2D eigenvalue weighted by atomic mass is 10.1. The van der Waals surface area contributed by atoms with Gasteiger partial charge in [-0.2, -0.15) is 0 Å². The summed E-state index contributed by atoms with van der Waals surface area (Å²) in [7, 11) is 0. The maximum absolute atomic E-state index is 11.8. The molecule has 1 aromatic rings. The van der Waals surface area contributed by atoms with Crippen molar-refractivity contribution in [1.82, 2.24) is 5.32 Å². The van der Waals surface area contributed by atoms with Crippen LogP contribution in [0, 0.1) is 0 Å². The summed E-state index contributed by atoms with van der Waals surface area (Å²) in [4.78, 5) is 12.6. The Morgan fingerprint density at radius 3 is 2.75 bits per heavy atom. The topological polar surface area (TPSA) is 29.1 Å². The highest BCUT2D eigenvalue weighted by molar-refractivity contribution is 9.13. The standard InChI is InChI=1S/C11H15Br2NOS/c1-3-4-5-7(2)14-11(15)9-6-8(12)10(13)16-9/h6-7H,3-5H2,1-2H3,(H,14,15). The number of hydrogen-bond donors (Lipinski definition) is 1. The Kier molecular flexibility index (Phi) is 6.00. The van der Waals surface area contributed by atoms with Gasteiger partial charge in [-0.15, -0.1) is 11.3 Å². The van der Waals surface area contributed by atoms with Crippen molar-refractivity contribution in [3.05, 3.63) is 19.2 Å². The number of hydrogen-bond acceptors (Lipinski definition) is 2. The van der Waals surface area contributed by atoms with Crippen molar-refractivity contribution in [2.24, 2.45) is 0 Å². The Bertz CT molecular complexity index is 345. The van der Waals surface area contributed by atoms with Gasteiger partial charge < -0.3 is 5.32 Å². The molecule has 1 N–H and O–H groups in total. The van der Waals surface area contributed by atoms with Crippen molar-refractivity contribution in [3.8, 4) is 0 Å². The van der Waals surface area contributed by atoms with E-state index in [-0.39, 0.29) is 11.9 Å². The summed E-state index contributed by atoms with van der Waals surface area (Å²) in [5.41, 5.74) is 0. The van der Waals surface area contributed by atoms with Gasteiger partial charge in [-0.25, -0.2) is 0 Å². The lowest BCUT2D eigenvalue weighted by Crippen LogP contribution is -2.31. The largest absolute Gasteiger partial charge is 0.349 e. The number of halogens is 2. The van der Waals surface area contributed by atoms with Crippen LogP contribution >= 0.6 is 43.2 Å². The van der Waals surface area contributed by atoms with E-state index in [9.17, 15) is 4.79 Å². The molecule has 1 rings (SSSR count). The van der Waals surface area contributed by atoms with E-state index in [4.69, 9.17) is 0 Å². The molecule has 0 aromatic carbocycles. The third-order valence-corrected chi connectivity index (χ3v) is 5.49. The van der Waals surface area contributed by atoms with E-state index in [0.717, 1.165) is 32.4 Å². The van der Waals surface area contributed by atoms with E-state index in [1.165, 1.54) is 11.3 Å². The normalized spacial score (nSPS) is 12.5. The number of rotatable bonds is 5. The zero-order valence-corrected chi connectivity index (χ0v) is 13.3. The average Bonchev–Trinajstić information content (AvgIpc) is 2.56. The van der Waals surface area contributed by atoms with Crippen molar-refractivity contribution in [2.45, 2.75) is 39.2 Å². The smallest absolute Gasteiger partial charge is 0.261 e. The van der Waals surface area contributed by atoms with Crippen LogP contribution in [0.4, 0.5) is 0 Å². The first-order chi connectivity index (χ1) is 7.54. The van der Waals surface area contributed by atoms with Gasteiger partial charge in [-0.05, 0) is 51.3 Å². The molecular formula is C11H15Br2NOS. The Hall–Kier alpha value is 0.130. The minimum atomic E-state index is 0.0139. The second-order valence-electron chi connectivity index (χ2n) is 3.75. The van der Waals surface area contributed by atoms with Gasteiger partial charge in [0.15, 0.2) is 0 Å². The second-order valence-corrected chi connectivity index (χ2v) is 6.97. The first kappa shape index (κ1) is 14.2. The summed E-state index contributed by atoms with van der Waals surface area (Å²) in [6, 6.07) is 2.09. The highest BCUT2D eigenvalue weighted by Crippen LogP contribution is 2.32. The molecule has 0 fully saturated rings. The number of carbonyl (C=O) groups excluding carboxylic acids is 1. The van der Waals surface area contributed by atoms with Gasteiger partial charge in [0.25, 0.3) is 5.91 Å². The molecule has 16 heavy (non-hydrogen) atoms. The Morgan fingerprint density at radius 2 is 2.25 bits per heavy atom. The maximum Gasteiger partial charge on any atom is 0.261 e. The van der Waals surface area contributed by atoms with Gasteiger partial charge in [-0.1, -0.05) is 19.8 Å². The predicted octanol–water partition coefficient (Wildman–Crippen LogP) is 4.58. The first-order valence-corrected chi connectivity index (χ1v) is 7.70.